The molecule has 2 aromatic rings. The molecule has 1 aromatic carbocycles. The highest BCUT2D eigenvalue weighted by Gasteiger charge is 2.33. The molecule has 0 spiro atoms. The summed E-state index contributed by atoms with van der Waals surface area (Å²) >= 11 is 5.19. The maximum absolute atomic E-state index is 12.8. The number of fused-ring (bicyclic) bond motifs is 3. The molecule has 0 radical (unpaired) electrons. The van der Waals surface area contributed by atoms with E-state index >= 15 is 0 Å². The summed E-state index contributed by atoms with van der Waals surface area (Å²) < 4.78 is 6.41. The number of anilines is 1. The normalized spacial score (nSPS) is 20.0. The van der Waals surface area contributed by atoms with Gasteiger partial charge in [-0.25, -0.2) is 0 Å². The standard InChI is InChI=1S/C17H18BrN3O2S/c1-21-6-5-10-13(8-21)24-17-14(10)16(22)19-15(20-17)11-7-9(18)3-4-12(11)23-2/h3-4,7,15,20H,5-6,8H2,1-2H3,(H,19,22)/t15-/m1/s1. The summed E-state index contributed by atoms with van der Waals surface area (Å²) in [5, 5.41) is 7.53. The SMILES string of the molecule is COc1ccc(Br)cc1[C@@H]1NC(=O)c2c(sc3c2CCN(C)C3)N1. The molecule has 0 saturated carbocycles. The third kappa shape index (κ3) is 2.60. The average Bonchev–Trinajstić information content (AvgIpc) is 2.92. The van der Waals surface area contributed by atoms with Crippen LogP contribution in [0.25, 0.3) is 0 Å². The van der Waals surface area contributed by atoms with Crippen molar-refractivity contribution in [2.45, 2.75) is 19.1 Å². The first kappa shape index (κ1) is 15.9. The molecule has 1 amide bonds. The number of likely N-dealkylation sites (N-methyl/N-ethyl adjacent to an activating group) is 1. The van der Waals surface area contributed by atoms with Crippen LogP contribution in [0.4, 0.5) is 5.00 Å². The van der Waals surface area contributed by atoms with Gasteiger partial charge in [0.1, 0.15) is 16.9 Å². The second kappa shape index (κ2) is 6.06. The van der Waals surface area contributed by atoms with Gasteiger partial charge in [-0.15, -0.1) is 11.3 Å². The largest absolute Gasteiger partial charge is 0.496 e. The van der Waals surface area contributed by atoms with Gasteiger partial charge in [0.05, 0.1) is 12.7 Å². The second-order valence-corrected chi connectivity index (χ2v) is 8.15. The number of nitrogens with zero attached hydrogens (tertiary/aromatic N) is 1. The van der Waals surface area contributed by atoms with Gasteiger partial charge in [-0.2, -0.15) is 0 Å². The van der Waals surface area contributed by atoms with E-state index in [9.17, 15) is 4.79 Å². The molecule has 2 aliphatic heterocycles. The zero-order valence-electron chi connectivity index (χ0n) is 13.5. The van der Waals surface area contributed by atoms with E-state index in [4.69, 9.17) is 4.74 Å². The fraction of sp³-hybridized carbons (Fsp3) is 0.353. The van der Waals surface area contributed by atoms with Gasteiger partial charge >= 0.3 is 0 Å². The average molecular weight is 408 g/mol. The van der Waals surface area contributed by atoms with Crippen molar-refractivity contribution >= 4 is 38.2 Å². The predicted molar refractivity (Wildman–Crippen MR) is 98.9 cm³/mol. The quantitative estimate of drug-likeness (QED) is 0.801. The highest BCUT2D eigenvalue weighted by Crippen LogP contribution is 2.41. The minimum Gasteiger partial charge on any atom is -0.496 e. The number of carbonyl (C=O) groups excluding carboxylic acids is 1. The number of benzene rings is 1. The highest BCUT2D eigenvalue weighted by molar-refractivity contribution is 9.10. The maximum Gasteiger partial charge on any atom is 0.256 e. The molecular formula is C17H18BrN3O2S. The molecule has 4 rings (SSSR count). The third-order valence-electron chi connectivity index (χ3n) is 4.53. The molecule has 1 aromatic heterocycles. The number of ether oxygens (including phenoxy) is 1. The van der Waals surface area contributed by atoms with E-state index in [0.717, 1.165) is 45.9 Å². The van der Waals surface area contributed by atoms with Crippen molar-refractivity contribution in [1.29, 1.82) is 0 Å². The van der Waals surface area contributed by atoms with Crippen LogP contribution >= 0.6 is 27.3 Å². The van der Waals surface area contributed by atoms with Crippen molar-refractivity contribution in [3.63, 3.8) is 0 Å². The lowest BCUT2D eigenvalue weighted by molar-refractivity contribution is 0.0934. The Balaban J connectivity index is 1.73. The van der Waals surface area contributed by atoms with E-state index in [2.05, 4.69) is 38.5 Å². The summed E-state index contributed by atoms with van der Waals surface area (Å²) in [6.07, 6.45) is 0.632. The fourth-order valence-corrected chi connectivity index (χ4v) is 5.06. The van der Waals surface area contributed by atoms with Crippen LogP contribution in [0, 0.1) is 0 Å². The van der Waals surface area contributed by atoms with Gasteiger partial charge in [0.25, 0.3) is 5.91 Å². The summed E-state index contributed by atoms with van der Waals surface area (Å²) in [5.41, 5.74) is 2.94. The molecule has 1 atom stereocenters. The van der Waals surface area contributed by atoms with E-state index in [-0.39, 0.29) is 12.1 Å². The van der Waals surface area contributed by atoms with E-state index in [1.165, 1.54) is 10.4 Å². The van der Waals surface area contributed by atoms with Crippen molar-refractivity contribution in [2.75, 3.05) is 26.0 Å². The number of hydrogen-bond acceptors (Lipinski definition) is 5. The lowest BCUT2D eigenvalue weighted by Gasteiger charge is -2.28. The molecule has 24 heavy (non-hydrogen) atoms. The van der Waals surface area contributed by atoms with Gasteiger partial charge in [0.2, 0.25) is 0 Å². The number of halogens is 1. The molecule has 2 N–H and O–H groups in total. The molecular weight excluding hydrogens is 390 g/mol. The number of nitrogens with one attached hydrogen (secondary N) is 2. The Morgan fingerprint density at radius 3 is 3.00 bits per heavy atom. The van der Waals surface area contributed by atoms with Crippen molar-refractivity contribution in [3.05, 3.63) is 44.2 Å². The van der Waals surface area contributed by atoms with Crippen LogP contribution in [-0.4, -0.2) is 31.5 Å². The van der Waals surface area contributed by atoms with Crippen molar-refractivity contribution < 1.29 is 9.53 Å². The molecule has 0 saturated heterocycles. The molecule has 7 heteroatoms. The first-order valence-corrected chi connectivity index (χ1v) is 9.41. The predicted octanol–water partition coefficient (Wildman–Crippen LogP) is 3.36. The van der Waals surface area contributed by atoms with E-state index in [1.807, 2.05) is 18.2 Å². The maximum atomic E-state index is 12.8. The molecule has 126 valence electrons. The zero-order chi connectivity index (χ0) is 16.8. The minimum absolute atomic E-state index is 0.00201. The van der Waals surface area contributed by atoms with E-state index in [0.29, 0.717) is 0 Å². The third-order valence-corrected chi connectivity index (χ3v) is 6.17. The van der Waals surface area contributed by atoms with Crippen molar-refractivity contribution in [2.24, 2.45) is 0 Å². The van der Waals surface area contributed by atoms with E-state index < -0.39 is 0 Å². The summed E-state index contributed by atoms with van der Waals surface area (Å²) in [6, 6.07) is 5.80. The van der Waals surface area contributed by atoms with Gasteiger partial charge < -0.3 is 20.3 Å². The van der Waals surface area contributed by atoms with E-state index in [1.54, 1.807) is 18.4 Å². The summed E-state index contributed by atoms with van der Waals surface area (Å²) in [7, 11) is 3.76. The smallest absolute Gasteiger partial charge is 0.256 e. The summed E-state index contributed by atoms with van der Waals surface area (Å²) in [4.78, 5) is 16.3. The van der Waals surface area contributed by atoms with Gasteiger partial charge in [-0.3, -0.25) is 4.79 Å². The van der Waals surface area contributed by atoms with Gasteiger partial charge in [0, 0.05) is 28.0 Å². The van der Waals surface area contributed by atoms with Gasteiger partial charge in [-0.05, 0) is 37.2 Å². The monoisotopic (exact) mass is 407 g/mol. The number of carbonyl (C=O) groups is 1. The Bertz CT molecular complexity index is 820. The van der Waals surface area contributed by atoms with Gasteiger partial charge in [-0.1, -0.05) is 15.9 Å². The lowest BCUT2D eigenvalue weighted by atomic mass is 10.0. The number of amides is 1. The highest BCUT2D eigenvalue weighted by atomic mass is 79.9. The molecule has 0 bridgehead atoms. The van der Waals surface area contributed by atoms with Crippen LogP contribution in [-0.2, 0) is 13.0 Å². The Morgan fingerprint density at radius 1 is 1.38 bits per heavy atom. The first-order valence-electron chi connectivity index (χ1n) is 7.80. The minimum atomic E-state index is -0.296. The number of methoxy groups -OCH3 is 1. The Hall–Kier alpha value is -1.57. The molecule has 0 aliphatic carbocycles. The Labute approximate surface area is 153 Å². The summed E-state index contributed by atoms with van der Waals surface area (Å²) in [6.45, 7) is 1.90. The molecule has 5 nitrogen and oxygen atoms in total. The number of hydrogen-bond donors (Lipinski definition) is 2. The first-order chi connectivity index (χ1) is 11.6. The second-order valence-electron chi connectivity index (χ2n) is 6.13. The Morgan fingerprint density at radius 2 is 2.21 bits per heavy atom. The van der Waals surface area contributed by atoms with Crippen LogP contribution < -0.4 is 15.4 Å². The molecule has 0 unspecified atom stereocenters. The molecule has 3 heterocycles. The van der Waals surface area contributed by atoms with Gasteiger partial charge in [0.15, 0.2) is 0 Å². The van der Waals surface area contributed by atoms with Crippen LogP contribution in [0.15, 0.2) is 22.7 Å². The van der Waals surface area contributed by atoms with Crippen LogP contribution in [0.1, 0.15) is 32.5 Å². The van der Waals surface area contributed by atoms with Crippen LogP contribution in [0.5, 0.6) is 5.75 Å². The van der Waals surface area contributed by atoms with Crippen molar-refractivity contribution in [3.8, 4) is 5.75 Å². The topological polar surface area (TPSA) is 53.6 Å². The zero-order valence-corrected chi connectivity index (χ0v) is 15.9. The molecule has 0 fully saturated rings. The number of rotatable bonds is 2. The Kier molecular flexibility index (Phi) is 4.02. The molecule has 2 aliphatic rings. The summed E-state index contributed by atoms with van der Waals surface area (Å²) in [5.74, 6) is 0.748. The number of thiophene rings is 1. The van der Waals surface area contributed by atoms with Crippen LogP contribution in [0.3, 0.4) is 0 Å². The lowest BCUT2D eigenvalue weighted by Crippen LogP contribution is -2.38. The van der Waals surface area contributed by atoms with Crippen molar-refractivity contribution in [1.82, 2.24) is 10.2 Å². The van der Waals surface area contributed by atoms with Crippen LogP contribution in [0.2, 0.25) is 0 Å². The fourth-order valence-electron chi connectivity index (χ4n) is 3.33.